The standard InChI is InChI=1S/C31H32N2O11/c1-2-33-23-8-6-18(29(40)22(32-44-28(39)17-26(36)37)10-13-43-27(38)16-25(34)35)14-20(23)21-15-19(7-9-24(21)33)30(41)31(42)11-4-3-5-12-31/h6-9,14-15,42H,2-5,10-13,16-17H2,1H3,(H,34,35)(H,36,37)/b32-22+. The fraction of sp³-hybridized carbons (Fsp3) is 0.387. The number of aliphatic hydroxyl groups is 1. The Kier molecular flexibility index (Phi) is 9.89. The summed E-state index contributed by atoms with van der Waals surface area (Å²) in [5.41, 5.74) is 0.244. The van der Waals surface area contributed by atoms with E-state index in [9.17, 15) is 33.9 Å². The second-order valence-electron chi connectivity index (χ2n) is 10.6. The molecule has 1 fully saturated rings. The molecule has 13 nitrogen and oxygen atoms in total. The van der Waals surface area contributed by atoms with Gasteiger partial charge in [0.05, 0.1) is 6.61 Å². The second-order valence-corrected chi connectivity index (χ2v) is 10.6. The Morgan fingerprint density at radius 1 is 0.841 bits per heavy atom. The Morgan fingerprint density at radius 3 is 2.00 bits per heavy atom. The van der Waals surface area contributed by atoms with Gasteiger partial charge in [0.1, 0.15) is 24.2 Å². The summed E-state index contributed by atoms with van der Waals surface area (Å²) in [7, 11) is 0. The van der Waals surface area contributed by atoms with Crippen LogP contribution in [0.3, 0.4) is 0 Å². The van der Waals surface area contributed by atoms with Gasteiger partial charge in [0.15, 0.2) is 5.78 Å². The zero-order chi connectivity index (χ0) is 32.0. The third-order valence-electron chi connectivity index (χ3n) is 7.52. The van der Waals surface area contributed by atoms with E-state index in [4.69, 9.17) is 14.9 Å². The molecule has 1 heterocycles. The zero-order valence-electron chi connectivity index (χ0n) is 24.0. The van der Waals surface area contributed by atoms with Gasteiger partial charge in [0, 0.05) is 45.9 Å². The molecule has 0 saturated heterocycles. The molecule has 232 valence electrons. The van der Waals surface area contributed by atoms with E-state index in [1.54, 1.807) is 30.3 Å². The van der Waals surface area contributed by atoms with Crippen molar-refractivity contribution in [2.45, 2.75) is 70.4 Å². The first-order valence-corrected chi connectivity index (χ1v) is 14.2. The Morgan fingerprint density at radius 2 is 1.41 bits per heavy atom. The molecule has 4 rings (SSSR count). The minimum Gasteiger partial charge on any atom is -0.481 e. The number of hydrogen-bond acceptors (Lipinski definition) is 10. The maximum absolute atomic E-state index is 13.5. The maximum atomic E-state index is 13.5. The average Bonchev–Trinajstić information content (AvgIpc) is 3.29. The molecule has 2 aromatic carbocycles. The predicted molar refractivity (Wildman–Crippen MR) is 155 cm³/mol. The Bertz CT molecular complexity index is 1680. The van der Waals surface area contributed by atoms with E-state index in [-0.39, 0.29) is 23.5 Å². The van der Waals surface area contributed by atoms with Crippen LogP contribution < -0.4 is 0 Å². The summed E-state index contributed by atoms with van der Waals surface area (Å²) >= 11 is 0. The summed E-state index contributed by atoms with van der Waals surface area (Å²) in [5, 5.41) is 33.4. The number of aryl methyl sites for hydroxylation is 1. The zero-order valence-corrected chi connectivity index (χ0v) is 24.0. The first kappa shape index (κ1) is 32.0. The van der Waals surface area contributed by atoms with Crippen molar-refractivity contribution in [3.8, 4) is 0 Å². The highest BCUT2D eigenvalue weighted by molar-refractivity contribution is 6.46. The summed E-state index contributed by atoms with van der Waals surface area (Å²) < 4.78 is 6.84. The van der Waals surface area contributed by atoms with Gasteiger partial charge < -0.3 is 29.5 Å². The van der Waals surface area contributed by atoms with Gasteiger partial charge in [-0.1, -0.05) is 24.4 Å². The van der Waals surface area contributed by atoms with Crippen molar-refractivity contribution in [3.63, 3.8) is 0 Å². The van der Waals surface area contributed by atoms with Crippen LogP contribution in [0.5, 0.6) is 0 Å². The first-order chi connectivity index (χ1) is 20.9. The number of hydrogen-bond donors (Lipinski definition) is 3. The fourth-order valence-electron chi connectivity index (χ4n) is 5.42. The molecule has 1 aromatic heterocycles. The SMILES string of the molecule is CCn1c2ccc(C(=O)/C(CCOC(=O)CC(=O)O)=N/OC(=O)CC(=O)O)cc2c2cc(C(=O)C3(O)CCCCC3)ccc21. The lowest BCUT2D eigenvalue weighted by Gasteiger charge is -2.30. The van der Waals surface area contributed by atoms with Crippen LogP contribution in [0, 0.1) is 0 Å². The molecule has 0 atom stereocenters. The summed E-state index contributed by atoms with van der Waals surface area (Å²) in [6.45, 7) is 2.07. The maximum Gasteiger partial charge on any atom is 0.346 e. The second kappa shape index (κ2) is 13.6. The number of benzene rings is 2. The highest BCUT2D eigenvalue weighted by Crippen LogP contribution is 2.35. The number of carbonyl (C=O) groups is 6. The van der Waals surface area contributed by atoms with Gasteiger partial charge >= 0.3 is 23.9 Å². The van der Waals surface area contributed by atoms with Gasteiger partial charge in [-0.2, -0.15) is 0 Å². The van der Waals surface area contributed by atoms with Crippen LogP contribution in [-0.2, 0) is 35.3 Å². The molecule has 0 amide bonds. The van der Waals surface area contributed by atoms with Crippen LogP contribution in [0.15, 0.2) is 41.6 Å². The van der Waals surface area contributed by atoms with E-state index in [0.29, 0.717) is 35.7 Å². The van der Waals surface area contributed by atoms with E-state index in [1.807, 2.05) is 11.5 Å². The van der Waals surface area contributed by atoms with Crippen LogP contribution in [0.4, 0.5) is 0 Å². The molecule has 0 bridgehead atoms. The third kappa shape index (κ3) is 7.17. The number of fused-ring (bicyclic) bond motifs is 3. The Hall–Kier alpha value is -4.91. The van der Waals surface area contributed by atoms with Crippen LogP contribution in [0.2, 0.25) is 0 Å². The van der Waals surface area contributed by atoms with Gasteiger partial charge in [0.2, 0.25) is 5.78 Å². The number of esters is 1. The first-order valence-electron chi connectivity index (χ1n) is 14.2. The summed E-state index contributed by atoms with van der Waals surface area (Å²) in [4.78, 5) is 76.5. The van der Waals surface area contributed by atoms with Crippen molar-refractivity contribution < 1.29 is 53.7 Å². The number of ketones is 2. The molecule has 13 heteroatoms. The Balaban J connectivity index is 1.70. The molecule has 0 radical (unpaired) electrons. The number of ether oxygens (including phenoxy) is 1. The minimum atomic E-state index is -1.47. The topological polar surface area (TPSA) is 199 Å². The van der Waals surface area contributed by atoms with E-state index in [1.165, 1.54) is 6.07 Å². The van der Waals surface area contributed by atoms with E-state index in [2.05, 4.69) is 9.99 Å². The Labute approximate surface area is 251 Å². The number of Topliss-reactive ketones (excluding diaryl/α,β-unsaturated/α-hetero) is 2. The normalized spacial score (nSPS) is 14.7. The van der Waals surface area contributed by atoms with Crippen molar-refractivity contribution in [2.75, 3.05) is 6.61 Å². The van der Waals surface area contributed by atoms with Gasteiger partial charge in [-0.05, 0) is 56.2 Å². The van der Waals surface area contributed by atoms with Crippen molar-refractivity contribution in [3.05, 3.63) is 47.5 Å². The van der Waals surface area contributed by atoms with E-state index in [0.717, 1.165) is 30.3 Å². The minimum absolute atomic E-state index is 0.111. The number of aromatic nitrogens is 1. The third-order valence-corrected chi connectivity index (χ3v) is 7.52. The molecule has 0 spiro atoms. The number of aliphatic carboxylic acids is 2. The molecule has 0 unspecified atom stereocenters. The van der Waals surface area contributed by atoms with Gasteiger partial charge in [-0.15, -0.1) is 0 Å². The van der Waals surface area contributed by atoms with E-state index < -0.39 is 54.7 Å². The summed E-state index contributed by atoms with van der Waals surface area (Å²) in [6, 6.07) is 10.0. The van der Waals surface area contributed by atoms with E-state index >= 15 is 0 Å². The highest BCUT2D eigenvalue weighted by atomic mass is 16.7. The smallest absolute Gasteiger partial charge is 0.346 e. The molecule has 0 aliphatic heterocycles. The molecule has 3 aromatic rings. The summed E-state index contributed by atoms with van der Waals surface area (Å²) in [5.74, 6) is -6.22. The van der Waals surface area contributed by atoms with Crippen LogP contribution >= 0.6 is 0 Å². The van der Waals surface area contributed by atoms with Gasteiger partial charge in [-0.3, -0.25) is 24.0 Å². The molecule has 1 saturated carbocycles. The number of carboxylic acids is 2. The van der Waals surface area contributed by atoms with Gasteiger partial charge in [-0.25, -0.2) is 4.79 Å². The molecule has 1 aliphatic carbocycles. The van der Waals surface area contributed by atoms with Crippen molar-refractivity contribution in [1.82, 2.24) is 4.57 Å². The number of carbonyl (C=O) groups excluding carboxylic acids is 4. The fourth-order valence-corrected chi connectivity index (χ4v) is 5.42. The average molecular weight is 609 g/mol. The summed E-state index contributed by atoms with van der Waals surface area (Å²) in [6.07, 6.45) is 1.01. The van der Waals surface area contributed by atoms with Crippen molar-refractivity contribution in [1.29, 1.82) is 0 Å². The molecule has 1 aliphatic rings. The molecular formula is C31H32N2O11. The quantitative estimate of drug-likeness (QED) is 0.0639. The van der Waals surface area contributed by atoms with Gasteiger partial charge in [0.25, 0.3) is 0 Å². The van der Waals surface area contributed by atoms with Crippen LogP contribution in [0.25, 0.3) is 21.8 Å². The molecule has 3 N–H and O–H groups in total. The number of oxime groups is 1. The van der Waals surface area contributed by atoms with Crippen molar-refractivity contribution >= 4 is 63.0 Å². The van der Waals surface area contributed by atoms with Crippen LogP contribution in [-0.4, -0.2) is 73.3 Å². The van der Waals surface area contributed by atoms with Crippen molar-refractivity contribution in [2.24, 2.45) is 5.16 Å². The predicted octanol–water partition coefficient (Wildman–Crippen LogP) is 3.66. The largest absolute Gasteiger partial charge is 0.481 e. The number of nitrogens with zero attached hydrogens (tertiary/aromatic N) is 2. The lowest BCUT2D eigenvalue weighted by Crippen LogP contribution is -2.40. The number of rotatable bonds is 13. The number of carboxylic acid groups (broad SMARTS) is 2. The molecule has 44 heavy (non-hydrogen) atoms. The highest BCUT2D eigenvalue weighted by Gasteiger charge is 2.37. The lowest BCUT2D eigenvalue weighted by molar-refractivity contribution is -0.153. The monoisotopic (exact) mass is 608 g/mol. The van der Waals surface area contributed by atoms with Crippen LogP contribution in [0.1, 0.15) is 79.0 Å². The molecular weight excluding hydrogens is 576 g/mol. The lowest BCUT2D eigenvalue weighted by atomic mass is 9.79.